The standard InChI is InChI=1S/C11H19F3N2/c12-11(13,14)8-16-6-2-4-10(16)9-3-1-5-15-7-9/h9-10,15H,1-8H2. The number of hydrogen-bond donors (Lipinski definition) is 1. The zero-order valence-electron chi connectivity index (χ0n) is 9.39. The van der Waals surface area contributed by atoms with Gasteiger partial charge in [0.15, 0.2) is 0 Å². The summed E-state index contributed by atoms with van der Waals surface area (Å²) in [5, 5.41) is 3.29. The number of piperidine rings is 1. The summed E-state index contributed by atoms with van der Waals surface area (Å²) >= 11 is 0. The molecule has 0 amide bonds. The van der Waals surface area contributed by atoms with E-state index >= 15 is 0 Å². The summed E-state index contributed by atoms with van der Waals surface area (Å²) in [5.74, 6) is 0.415. The Morgan fingerprint density at radius 1 is 1.19 bits per heavy atom. The minimum Gasteiger partial charge on any atom is -0.316 e. The Kier molecular flexibility index (Phi) is 3.74. The molecule has 2 atom stereocenters. The summed E-state index contributed by atoms with van der Waals surface area (Å²) in [7, 11) is 0. The summed E-state index contributed by atoms with van der Waals surface area (Å²) < 4.78 is 37.2. The molecule has 2 heterocycles. The first-order valence-electron chi connectivity index (χ1n) is 6.08. The molecule has 16 heavy (non-hydrogen) atoms. The van der Waals surface area contributed by atoms with Crippen LogP contribution in [0.1, 0.15) is 25.7 Å². The van der Waals surface area contributed by atoms with Gasteiger partial charge < -0.3 is 5.32 Å². The van der Waals surface area contributed by atoms with E-state index in [9.17, 15) is 13.2 Å². The van der Waals surface area contributed by atoms with Crippen LogP contribution in [-0.4, -0.2) is 43.3 Å². The van der Waals surface area contributed by atoms with Gasteiger partial charge in [-0.25, -0.2) is 0 Å². The maximum Gasteiger partial charge on any atom is 0.401 e. The van der Waals surface area contributed by atoms with Crippen LogP contribution in [0.2, 0.25) is 0 Å². The number of alkyl halides is 3. The highest BCUT2D eigenvalue weighted by molar-refractivity contribution is 4.88. The molecule has 5 heteroatoms. The van der Waals surface area contributed by atoms with Crippen LogP contribution in [0.4, 0.5) is 13.2 Å². The van der Waals surface area contributed by atoms with Crippen molar-refractivity contribution in [1.82, 2.24) is 10.2 Å². The second-order valence-corrected chi connectivity index (χ2v) is 4.90. The molecule has 0 aromatic rings. The van der Waals surface area contributed by atoms with Crippen LogP contribution in [0.15, 0.2) is 0 Å². The molecule has 2 fully saturated rings. The van der Waals surface area contributed by atoms with Crippen molar-refractivity contribution in [3.8, 4) is 0 Å². The van der Waals surface area contributed by atoms with E-state index < -0.39 is 12.7 Å². The molecule has 0 aliphatic carbocycles. The zero-order valence-corrected chi connectivity index (χ0v) is 9.39. The predicted octanol–water partition coefficient (Wildman–Crippen LogP) is 2.01. The first kappa shape index (κ1) is 12.2. The maximum absolute atomic E-state index is 12.4. The Hall–Kier alpha value is -0.290. The van der Waals surface area contributed by atoms with Gasteiger partial charge in [0, 0.05) is 6.04 Å². The van der Waals surface area contributed by atoms with Gasteiger partial charge in [-0.1, -0.05) is 0 Å². The largest absolute Gasteiger partial charge is 0.401 e. The predicted molar refractivity (Wildman–Crippen MR) is 56.2 cm³/mol. The zero-order chi connectivity index (χ0) is 11.6. The SMILES string of the molecule is FC(F)(F)CN1CCCC1C1CCCNC1. The van der Waals surface area contributed by atoms with Gasteiger partial charge in [0.2, 0.25) is 0 Å². The second kappa shape index (κ2) is 4.92. The van der Waals surface area contributed by atoms with Crippen LogP contribution in [-0.2, 0) is 0 Å². The van der Waals surface area contributed by atoms with Crippen molar-refractivity contribution in [1.29, 1.82) is 0 Å². The molecule has 94 valence electrons. The highest BCUT2D eigenvalue weighted by Crippen LogP contribution is 2.30. The topological polar surface area (TPSA) is 15.3 Å². The van der Waals surface area contributed by atoms with Gasteiger partial charge >= 0.3 is 6.18 Å². The molecule has 2 aliphatic rings. The summed E-state index contributed by atoms with van der Waals surface area (Å²) in [6.07, 6.45) is -0.0304. The minimum atomic E-state index is -4.05. The number of rotatable bonds is 2. The summed E-state index contributed by atoms with van der Waals surface area (Å²) in [6.45, 7) is 1.79. The smallest absolute Gasteiger partial charge is 0.316 e. The van der Waals surface area contributed by atoms with Crippen molar-refractivity contribution in [2.75, 3.05) is 26.2 Å². The lowest BCUT2D eigenvalue weighted by atomic mass is 9.90. The van der Waals surface area contributed by atoms with Crippen molar-refractivity contribution in [3.63, 3.8) is 0 Å². The quantitative estimate of drug-likeness (QED) is 0.789. The van der Waals surface area contributed by atoms with Crippen molar-refractivity contribution in [3.05, 3.63) is 0 Å². The average molecular weight is 236 g/mol. The van der Waals surface area contributed by atoms with Crippen molar-refractivity contribution >= 4 is 0 Å². The Bertz CT molecular complexity index is 224. The molecule has 2 saturated heterocycles. The monoisotopic (exact) mass is 236 g/mol. The Morgan fingerprint density at radius 3 is 2.62 bits per heavy atom. The van der Waals surface area contributed by atoms with E-state index in [0.29, 0.717) is 12.5 Å². The number of hydrogen-bond acceptors (Lipinski definition) is 2. The molecule has 0 saturated carbocycles. The van der Waals surface area contributed by atoms with E-state index in [1.54, 1.807) is 4.90 Å². The van der Waals surface area contributed by atoms with Crippen LogP contribution in [0, 0.1) is 5.92 Å². The third-order valence-corrected chi connectivity index (χ3v) is 3.68. The maximum atomic E-state index is 12.4. The first-order chi connectivity index (χ1) is 7.56. The minimum absolute atomic E-state index is 0.148. The lowest BCUT2D eigenvalue weighted by Crippen LogP contribution is -2.46. The van der Waals surface area contributed by atoms with Crippen molar-refractivity contribution in [2.24, 2.45) is 5.92 Å². The molecule has 2 aliphatic heterocycles. The molecular weight excluding hydrogens is 217 g/mol. The van der Waals surface area contributed by atoms with Gasteiger partial charge in [0.25, 0.3) is 0 Å². The van der Waals surface area contributed by atoms with Gasteiger partial charge in [-0.05, 0) is 51.2 Å². The van der Waals surface area contributed by atoms with Gasteiger partial charge in [-0.2, -0.15) is 13.2 Å². The van der Waals surface area contributed by atoms with E-state index in [0.717, 1.165) is 38.8 Å². The van der Waals surface area contributed by atoms with E-state index in [-0.39, 0.29) is 6.04 Å². The first-order valence-corrected chi connectivity index (χ1v) is 6.08. The normalized spacial score (nSPS) is 33.2. The van der Waals surface area contributed by atoms with E-state index in [1.807, 2.05) is 0 Å². The fourth-order valence-electron chi connectivity index (χ4n) is 3.02. The Labute approximate surface area is 94.2 Å². The molecule has 1 N–H and O–H groups in total. The van der Waals surface area contributed by atoms with Crippen LogP contribution < -0.4 is 5.32 Å². The molecule has 0 spiro atoms. The van der Waals surface area contributed by atoms with Gasteiger partial charge in [0.1, 0.15) is 0 Å². The lowest BCUT2D eigenvalue weighted by Gasteiger charge is -2.34. The fraction of sp³-hybridized carbons (Fsp3) is 1.00. The summed E-state index contributed by atoms with van der Waals surface area (Å²) in [6, 6.07) is 0.148. The van der Waals surface area contributed by atoms with Crippen LogP contribution >= 0.6 is 0 Å². The fourth-order valence-corrected chi connectivity index (χ4v) is 3.02. The van der Waals surface area contributed by atoms with E-state index in [1.165, 1.54) is 0 Å². The molecular formula is C11H19F3N2. The Morgan fingerprint density at radius 2 is 2.00 bits per heavy atom. The molecule has 0 bridgehead atoms. The molecule has 0 aromatic heterocycles. The number of likely N-dealkylation sites (tertiary alicyclic amines) is 1. The van der Waals surface area contributed by atoms with Crippen molar-refractivity contribution < 1.29 is 13.2 Å². The summed E-state index contributed by atoms with van der Waals surface area (Å²) in [4.78, 5) is 1.64. The second-order valence-electron chi connectivity index (χ2n) is 4.90. The number of nitrogens with one attached hydrogen (secondary N) is 1. The van der Waals surface area contributed by atoms with Gasteiger partial charge in [0.05, 0.1) is 6.54 Å². The summed E-state index contributed by atoms with van der Waals surface area (Å²) in [5.41, 5.74) is 0. The highest BCUT2D eigenvalue weighted by atomic mass is 19.4. The van der Waals surface area contributed by atoms with Gasteiger partial charge in [-0.15, -0.1) is 0 Å². The third-order valence-electron chi connectivity index (χ3n) is 3.68. The third kappa shape index (κ3) is 3.10. The molecule has 2 rings (SSSR count). The Balaban J connectivity index is 1.91. The van der Waals surface area contributed by atoms with Crippen LogP contribution in [0.3, 0.4) is 0 Å². The molecule has 2 unspecified atom stereocenters. The average Bonchev–Trinajstić information content (AvgIpc) is 2.64. The van der Waals surface area contributed by atoms with E-state index in [2.05, 4.69) is 5.32 Å². The molecule has 2 nitrogen and oxygen atoms in total. The van der Waals surface area contributed by atoms with Crippen molar-refractivity contribution in [2.45, 2.75) is 37.9 Å². The molecule has 0 aromatic carbocycles. The van der Waals surface area contributed by atoms with E-state index in [4.69, 9.17) is 0 Å². The lowest BCUT2D eigenvalue weighted by molar-refractivity contribution is -0.149. The number of nitrogens with zero attached hydrogens (tertiary/aromatic N) is 1. The number of halogens is 3. The van der Waals surface area contributed by atoms with Gasteiger partial charge in [-0.3, -0.25) is 4.90 Å². The highest BCUT2D eigenvalue weighted by Gasteiger charge is 2.39. The molecule has 0 radical (unpaired) electrons. The van der Waals surface area contributed by atoms with Crippen LogP contribution in [0.25, 0.3) is 0 Å². The van der Waals surface area contributed by atoms with Crippen LogP contribution in [0.5, 0.6) is 0 Å².